The standard InChI is InChI=1S/C13H11N3O/c1-9-7-14-8-11(9)12-15-13(17-16-12)10-5-3-2-4-6-10/h2-7H,8H2,1H3. The fourth-order valence-corrected chi connectivity index (χ4v) is 1.77. The molecular formula is C13H11N3O. The highest BCUT2D eigenvalue weighted by molar-refractivity contribution is 5.93. The zero-order valence-electron chi connectivity index (χ0n) is 9.42. The van der Waals surface area contributed by atoms with Crippen LogP contribution in [0.1, 0.15) is 12.7 Å². The third-order valence-corrected chi connectivity index (χ3v) is 2.73. The average Bonchev–Trinajstić information content (AvgIpc) is 2.98. The molecule has 0 unspecified atom stereocenters. The van der Waals surface area contributed by atoms with Gasteiger partial charge >= 0.3 is 0 Å². The van der Waals surface area contributed by atoms with E-state index in [4.69, 9.17) is 4.52 Å². The third kappa shape index (κ3) is 1.78. The Kier molecular flexibility index (Phi) is 2.33. The monoisotopic (exact) mass is 225 g/mol. The average molecular weight is 225 g/mol. The molecule has 0 amide bonds. The van der Waals surface area contributed by atoms with Crippen molar-refractivity contribution in [1.82, 2.24) is 10.1 Å². The number of rotatable bonds is 2. The van der Waals surface area contributed by atoms with E-state index in [0.29, 0.717) is 18.3 Å². The molecule has 2 aromatic rings. The zero-order chi connectivity index (χ0) is 11.7. The molecule has 1 aliphatic rings. The van der Waals surface area contributed by atoms with E-state index in [2.05, 4.69) is 15.1 Å². The summed E-state index contributed by atoms with van der Waals surface area (Å²) < 4.78 is 5.26. The minimum Gasteiger partial charge on any atom is -0.334 e. The second-order valence-corrected chi connectivity index (χ2v) is 3.92. The first-order valence-electron chi connectivity index (χ1n) is 5.43. The van der Waals surface area contributed by atoms with E-state index >= 15 is 0 Å². The molecule has 0 fully saturated rings. The largest absolute Gasteiger partial charge is 0.334 e. The molecule has 4 heteroatoms. The molecule has 1 aliphatic heterocycles. The van der Waals surface area contributed by atoms with E-state index in [0.717, 1.165) is 16.7 Å². The van der Waals surface area contributed by atoms with Crippen molar-refractivity contribution in [3.8, 4) is 11.5 Å². The van der Waals surface area contributed by atoms with E-state index in [-0.39, 0.29) is 0 Å². The lowest BCUT2D eigenvalue weighted by molar-refractivity contribution is 0.428. The van der Waals surface area contributed by atoms with Crippen molar-refractivity contribution in [1.29, 1.82) is 0 Å². The number of aromatic nitrogens is 2. The first kappa shape index (κ1) is 9.96. The molecule has 1 aromatic heterocycles. The normalized spacial score (nSPS) is 14.6. The number of benzene rings is 1. The van der Waals surface area contributed by atoms with Crippen molar-refractivity contribution in [2.45, 2.75) is 6.92 Å². The molecule has 0 radical (unpaired) electrons. The summed E-state index contributed by atoms with van der Waals surface area (Å²) in [7, 11) is 0. The van der Waals surface area contributed by atoms with Crippen LogP contribution in [0.4, 0.5) is 0 Å². The van der Waals surface area contributed by atoms with Crippen molar-refractivity contribution >= 4 is 11.8 Å². The van der Waals surface area contributed by atoms with Crippen molar-refractivity contribution in [2.75, 3.05) is 6.54 Å². The van der Waals surface area contributed by atoms with Gasteiger partial charge in [0.15, 0.2) is 0 Å². The van der Waals surface area contributed by atoms with Crippen molar-refractivity contribution < 1.29 is 4.52 Å². The zero-order valence-corrected chi connectivity index (χ0v) is 9.42. The third-order valence-electron chi connectivity index (χ3n) is 2.73. The fraction of sp³-hybridized carbons (Fsp3) is 0.154. The number of hydrogen-bond donors (Lipinski definition) is 0. The van der Waals surface area contributed by atoms with Crippen LogP contribution in [0.2, 0.25) is 0 Å². The molecule has 4 nitrogen and oxygen atoms in total. The molecule has 0 atom stereocenters. The van der Waals surface area contributed by atoms with Crippen LogP contribution >= 0.6 is 0 Å². The van der Waals surface area contributed by atoms with E-state index in [1.807, 2.05) is 43.5 Å². The molecule has 3 rings (SSSR count). The van der Waals surface area contributed by atoms with E-state index in [9.17, 15) is 0 Å². The highest BCUT2D eigenvalue weighted by Crippen LogP contribution is 2.23. The maximum Gasteiger partial charge on any atom is 0.258 e. The summed E-state index contributed by atoms with van der Waals surface area (Å²) in [6, 6.07) is 9.75. The predicted octanol–water partition coefficient (Wildman–Crippen LogP) is 2.59. The predicted molar refractivity (Wildman–Crippen MR) is 65.7 cm³/mol. The van der Waals surface area contributed by atoms with Crippen LogP contribution in [-0.4, -0.2) is 22.9 Å². The highest BCUT2D eigenvalue weighted by Gasteiger charge is 2.16. The van der Waals surface area contributed by atoms with E-state index < -0.39 is 0 Å². The molecule has 2 heterocycles. The van der Waals surface area contributed by atoms with Gasteiger partial charge in [-0.25, -0.2) is 0 Å². The Balaban J connectivity index is 1.97. The molecule has 0 saturated carbocycles. The SMILES string of the molecule is CC1=C(c2noc(-c3ccccc3)n2)CN=C1. The van der Waals surface area contributed by atoms with Crippen LogP contribution < -0.4 is 0 Å². The van der Waals surface area contributed by atoms with Gasteiger partial charge in [0, 0.05) is 17.4 Å². The lowest BCUT2D eigenvalue weighted by Gasteiger charge is -1.93. The van der Waals surface area contributed by atoms with Crippen LogP contribution in [-0.2, 0) is 0 Å². The Morgan fingerprint density at radius 2 is 2.00 bits per heavy atom. The quantitative estimate of drug-likeness (QED) is 0.789. The molecule has 0 saturated heterocycles. The van der Waals surface area contributed by atoms with Gasteiger partial charge in [0.05, 0.1) is 6.54 Å². The highest BCUT2D eigenvalue weighted by atomic mass is 16.5. The summed E-state index contributed by atoms with van der Waals surface area (Å²) in [5.41, 5.74) is 3.07. The van der Waals surface area contributed by atoms with Crippen molar-refractivity contribution in [3.63, 3.8) is 0 Å². The Labute approximate surface area is 98.7 Å². The first-order valence-corrected chi connectivity index (χ1v) is 5.43. The van der Waals surface area contributed by atoms with Crippen LogP contribution in [0, 0.1) is 0 Å². The number of allylic oxidation sites excluding steroid dienone is 1. The summed E-state index contributed by atoms with van der Waals surface area (Å²) in [6.07, 6.45) is 1.84. The minimum absolute atomic E-state index is 0.549. The smallest absolute Gasteiger partial charge is 0.258 e. The Hall–Kier alpha value is -2.23. The van der Waals surface area contributed by atoms with Crippen LogP contribution in [0.3, 0.4) is 0 Å². The number of hydrogen-bond acceptors (Lipinski definition) is 4. The molecule has 84 valence electrons. The second kappa shape index (κ2) is 3.97. The lowest BCUT2D eigenvalue weighted by Crippen LogP contribution is -1.90. The Morgan fingerprint density at radius 1 is 1.18 bits per heavy atom. The van der Waals surface area contributed by atoms with Crippen LogP contribution in [0.5, 0.6) is 0 Å². The van der Waals surface area contributed by atoms with Crippen LogP contribution in [0.25, 0.3) is 17.0 Å². The minimum atomic E-state index is 0.549. The molecule has 1 aromatic carbocycles. The molecular weight excluding hydrogens is 214 g/mol. The lowest BCUT2D eigenvalue weighted by atomic mass is 10.1. The van der Waals surface area contributed by atoms with E-state index in [1.165, 1.54) is 0 Å². The Morgan fingerprint density at radius 3 is 2.71 bits per heavy atom. The van der Waals surface area contributed by atoms with E-state index in [1.54, 1.807) is 0 Å². The first-order chi connectivity index (χ1) is 8.34. The number of aliphatic imine (C=N–C) groups is 1. The van der Waals surface area contributed by atoms with Gasteiger partial charge in [-0.15, -0.1) is 0 Å². The summed E-state index contributed by atoms with van der Waals surface area (Å²) in [4.78, 5) is 8.58. The fourth-order valence-electron chi connectivity index (χ4n) is 1.77. The summed E-state index contributed by atoms with van der Waals surface area (Å²) in [5.74, 6) is 1.19. The van der Waals surface area contributed by atoms with Gasteiger partial charge in [-0.2, -0.15) is 4.98 Å². The van der Waals surface area contributed by atoms with Gasteiger partial charge in [0.1, 0.15) is 0 Å². The molecule has 0 aliphatic carbocycles. The Bertz CT molecular complexity index is 596. The van der Waals surface area contributed by atoms with Crippen LogP contribution in [0.15, 0.2) is 45.4 Å². The summed E-state index contributed by atoms with van der Waals surface area (Å²) in [5, 5.41) is 4.00. The maximum absolute atomic E-state index is 5.26. The van der Waals surface area contributed by atoms with Gasteiger partial charge in [-0.1, -0.05) is 23.4 Å². The second-order valence-electron chi connectivity index (χ2n) is 3.92. The summed E-state index contributed by atoms with van der Waals surface area (Å²) >= 11 is 0. The molecule has 0 N–H and O–H groups in total. The summed E-state index contributed by atoms with van der Waals surface area (Å²) in [6.45, 7) is 2.64. The maximum atomic E-state index is 5.26. The number of nitrogens with zero attached hydrogens (tertiary/aromatic N) is 3. The topological polar surface area (TPSA) is 51.3 Å². The van der Waals surface area contributed by atoms with Gasteiger partial charge in [-0.05, 0) is 24.6 Å². The van der Waals surface area contributed by atoms with Gasteiger partial charge < -0.3 is 4.52 Å². The van der Waals surface area contributed by atoms with Gasteiger partial charge in [0.2, 0.25) is 5.82 Å². The van der Waals surface area contributed by atoms with Crippen molar-refractivity contribution in [3.05, 3.63) is 41.7 Å². The van der Waals surface area contributed by atoms with Gasteiger partial charge in [0.25, 0.3) is 5.89 Å². The van der Waals surface area contributed by atoms with Gasteiger partial charge in [-0.3, -0.25) is 4.99 Å². The molecule has 0 spiro atoms. The van der Waals surface area contributed by atoms with Crippen molar-refractivity contribution in [2.24, 2.45) is 4.99 Å². The molecule has 17 heavy (non-hydrogen) atoms. The molecule has 0 bridgehead atoms.